The fourth-order valence-corrected chi connectivity index (χ4v) is 4.10. The average Bonchev–Trinajstić information content (AvgIpc) is 3.07. The van der Waals surface area contributed by atoms with Crippen LogP contribution in [0, 0.1) is 6.92 Å². The molecule has 10 heteroatoms. The third-order valence-corrected chi connectivity index (χ3v) is 5.70. The number of alkyl halides is 3. The molecule has 3 amide bonds. The number of hydrogen-bond acceptors (Lipinski definition) is 3. The highest BCUT2D eigenvalue weighted by Gasteiger charge is 2.40. The number of anilines is 1. The summed E-state index contributed by atoms with van der Waals surface area (Å²) in [6.07, 6.45) is -4.11. The molecule has 1 saturated heterocycles. The van der Waals surface area contributed by atoms with Crippen LogP contribution in [0.4, 0.5) is 23.7 Å². The highest BCUT2D eigenvalue weighted by atomic mass is 35.5. The predicted molar refractivity (Wildman–Crippen MR) is 115 cm³/mol. The van der Waals surface area contributed by atoms with Gasteiger partial charge >= 0.3 is 12.2 Å². The molecule has 1 aliphatic heterocycles. The molecule has 0 bridgehead atoms. The van der Waals surface area contributed by atoms with Gasteiger partial charge in [-0.2, -0.15) is 13.2 Å². The summed E-state index contributed by atoms with van der Waals surface area (Å²) in [5.74, 6) is -0.897. The van der Waals surface area contributed by atoms with Crippen LogP contribution in [0.1, 0.15) is 36.0 Å². The number of carbonyl (C=O) groups excluding carboxylic acids is 3. The number of urea groups is 1. The molecule has 0 saturated carbocycles. The van der Waals surface area contributed by atoms with Crippen LogP contribution in [0.5, 0.6) is 0 Å². The average molecular weight is 487 g/mol. The highest BCUT2D eigenvalue weighted by molar-refractivity contribution is 6.35. The van der Waals surface area contributed by atoms with Crippen molar-refractivity contribution in [3.05, 3.63) is 63.1 Å². The number of nitrogens with one attached hydrogen (secondary N) is 1. The van der Waals surface area contributed by atoms with Crippen molar-refractivity contribution in [2.75, 3.05) is 5.32 Å². The second kappa shape index (κ2) is 9.50. The van der Waals surface area contributed by atoms with Gasteiger partial charge in [-0.25, -0.2) is 4.79 Å². The maximum atomic E-state index is 13.1. The van der Waals surface area contributed by atoms with Gasteiger partial charge in [0.2, 0.25) is 5.91 Å². The Balaban J connectivity index is 1.72. The smallest absolute Gasteiger partial charge is 0.307 e. The molecule has 1 fully saturated rings. The van der Waals surface area contributed by atoms with Crippen LogP contribution in [0.2, 0.25) is 10.0 Å². The molecule has 1 atom stereocenters. The number of halogens is 5. The molecular weight excluding hydrogens is 468 g/mol. The lowest BCUT2D eigenvalue weighted by Crippen LogP contribution is -2.45. The van der Waals surface area contributed by atoms with Crippen LogP contribution >= 0.6 is 23.2 Å². The molecule has 0 spiro atoms. The molecule has 0 unspecified atom stereocenters. The minimum atomic E-state index is -4.59. The van der Waals surface area contributed by atoms with E-state index in [9.17, 15) is 27.6 Å². The molecule has 2 aromatic carbocycles. The monoisotopic (exact) mass is 486 g/mol. The Kier molecular flexibility index (Phi) is 7.15. The largest absolute Gasteiger partial charge is 0.416 e. The van der Waals surface area contributed by atoms with Crippen LogP contribution in [0.3, 0.4) is 0 Å². The third kappa shape index (κ3) is 5.61. The van der Waals surface area contributed by atoms with Gasteiger partial charge in [-0.3, -0.25) is 14.5 Å². The van der Waals surface area contributed by atoms with Gasteiger partial charge in [0.15, 0.2) is 5.78 Å². The van der Waals surface area contributed by atoms with Crippen LogP contribution in [-0.4, -0.2) is 28.7 Å². The molecule has 170 valence electrons. The number of carbonyl (C=O) groups is 3. The SMILES string of the molecule is Cc1cc(NC(=O)N2C(=O)CC[C@H]2C(=O)CCc2ccc(Cl)cc2Cl)cc(C(F)(F)F)c1. The lowest BCUT2D eigenvalue weighted by molar-refractivity contribution is -0.137. The zero-order valence-corrected chi connectivity index (χ0v) is 18.4. The summed E-state index contributed by atoms with van der Waals surface area (Å²) in [7, 11) is 0. The van der Waals surface area contributed by atoms with E-state index in [2.05, 4.69) is 5.32 Å². The van der Waals surface area contributed by atoms with E-state index in [1.165, 1.54) is 13.0 Å². The first-order chi connectivity index (χ1) is 15.0. The zero-order chi connectivity index (χ0) is 23.6. The van der Waals surface area contributed by atoms with Crippen molar-refractivity contribution in [1.82, 2.24) is 4.90 Å². The second-order valence-corrected chi connectivity index (χ2v) is 8.38. The molecule has 1 N–H and O–H groups in total. The summed E-state index contributed by atoms with van der Waals surface area (Å²) >= 11 is 12.0. The number of aryl methyl sites for hydroxylation is 2. The molecule has 0 aromatic heterocycles. The number of hydrogen-bond donors (Lipinski definition) is 1. The van der Waals surface area contributed by atoms with Crippen molar-refractivity contribution < 1.29 is 27.6 Å². The second-order valence-electron chi connectivity index (χ2n) is 7.54. The fourth-order valence-electron chi connectivity index (χ4n) is 3.59. The van der Waals surface area contributed by atoms with Gasteiger partial charge in [0.05, 0.1) is 5.56 Å². The minimum Gasteiger partial charge on any atom is -0.307 e. The number of Topliss-reactive ketones (excluding diaryl/α,β-unsaturated/α-hetero) is 1. The Hall–Kier alpha value is -2.58. The van der Waals surface area contributed by atoms with E-state index in [1.54, 1.807) is 18.2 Å². The van der Waals surface area contributed by atoms with Crippen LogP contribution in [0.15, 0.2) is 36.4 Å². The lowest BCUT2D eigenvalue weighted by atomic mass is 10.0. The van der Waals surface area contributed by atoms with Gasteiger partial charge < -0.3 is 5.32 Å². The maximum absolute atomic E-state index is 13.1. The Bertz CT molecular complexity index is 1070. The Morgan fingerprint density at radius 3 is 2.53 bits per heavy atom. The molecule has 1 heterocycles. The van der Waals surface area contributed by atoms with Gasteiger partial charge in [-0.1, -0.05) is 29.3 Å². The van der Waals surface area contributed by atoms with Crippen molar-refractivity contribution in [1.29, 1.82) is 0 Å². The number of benzene rings is 2. The molecular formula is C22H19Cl2F3N2O3. The van der Waals surface area contributed by atoms with Crippen molar-refractivity contribution in [2.24, 2.45) is 0 Å². The summed E-state index contributed by atoms with van der Waals surface area (Å²) in [6.45, 7) is 1.46. The highest BCUT2D eigenvalue weighted by Crippen LogP contribution is 2.32. The van der Waals surface area contributed by atoms with E-state index in [-0.39, 0.29) is 36.3 Å². The molecule has 3 rings (SSSR count). The van der Waals surface area contributed by atoms with Crippen molar-refractivity contribution in [3.63, 3.8) is 0 Å². The number of likely N-dealkylation sites (tertiary alicyclic amines) is 1. The van der Waals surface area contributed by atoms with Crippen molar-refractivity contribution in [3.8, 4) is 0 Å². The molecule has 5 nitrogen and oxygen atoms in total. The number of imide groups is 1. The van der Waals surface area contributed by atoms with E-state index in [1.807, 2.05) is 0 Å². The number of amides is 3. The van der Waals surface area contributed by atoms with Crippen molar-refractivity contribution in [2.45, 2.75) is 44.8 Å². The summed E-state index contributed by atoms with van der Waals surface area (Å²) in [4.78, 5) is 38.5. The Morgan fingerprint density at radius 2 is 1.88 bits per heavy atom. The first-order valence-electron chi connectivity index (χ1n) is 9.74. The first-order valence-corrected chi connectivity index (χ1v) is 10.5. The normalized spacial score (nSPS) is 16.4. The molecule has 0 radical (unpaired) electrons. The Morgan fingerprint density at radius 1 is 1.16 bits per heavy atom. The molecule has 32 heavy (non-hydrogen) atoms. The number of nitrogens with zero attached hydrogens (tertiary/aromatic N) is 1. The standard InChI is InChI=1S/C22H19Cl2F3N2O3/c1-12-8-14(22(25,26)27)10-16(9-12)28-21(32)29-18(5-7-20(29)31)19(30)6-3-13-2-4-15(23)11-17(13)24/h2,4,8-11,18H,3,5-7H2,1H3,(H,28,32)/t18-/m0/s1. The summed E-state index contributed by atoms with van der Waals surface area (Å²) in [5, 5.41) is 3.18. The Labute approximate surface area is 192 Å². The van der Waals surface area contributed by atoms with Crippen molar-refractivity contribution >= 4 is 46.6 Å². The van der Waals surface area contributed by atoms with Gasteiger partial charge in [0.1, 0.15) is 6.04 Å². The zero-order valence-electron chi connectivity index (χ0n) is 16.9. The number of rotatable bonds is 5. The topological polar surface area (TPSA) is 66.5 Å². The molecule has 0 aliphatic carbocycles. The van der Waals surface area contributed by atoms with E-state index in [0.29, 0.717) is 22.0 Å². The summed E-state index contributed by atoms with van der Waals surface area (Å²) in [6, 6.07) is 6.05. The predicted octanol–water partition coefficient (Wildman–Crippen LogP) is 6.05. The first kappa shape index (κ1) is 24.1. The third-order valence-electron chi connectivity index (χ3n) is 5.11. The molecule has 2 aromatic rings. The van der Waals surface area contributed by atoms with E-state index in [0.717, 1.165) is 17.0 Å². The van der Waals surface area contributed by atoms with Crippen LogP contribution < -0.4 is 5.32 Å². The number of ketones is 1. The van der Waals surface area contributed by atoms with E-state index >= 15 is 0 Å². The summed E-state index contributed by atoms with van der Waals surface area (Å²) in [5.41, 5.74) is -0.0475. The lowest BCUT2D eigenvalue weighted by Gasteiger charge is -2.23. The molecule has 1 aliphatic rings. The van der Waals surface area contributed by atoms with E-state index in [4.69, 9.17) is 23.2 Å². The van der Waals surface area contributed by atoms with E-state index < -0.39 is 29.7 Å². The van der Waals surface area contributed by atoms with Gasteiger partial charge in [-0.15, -0.1) is 0 Å². The maximum Gasteiger partial charge on any atom is 0.416 e. The van der Waals surface area contributed by atoms with Gasteiger partial charge in [0, 0.05) is 28.6 Å². The van der Waals surface area contributed by atoms with Gasteiger partial charge in [0.25, 0.3) is 0 Å². The fraction of sp³-hybridized carbons (Fsp3) is 0.318. The van der Waals surface area contributed by atoms with Crippen LogP contribution in [0.25, 0.3) is 0 Å². The summed E-state index contributed by atoms with van der Waals surface area (Å²) < 4.78 is 39.2. The quantitative estimate of drug-likeness (QED) is 0.559. The van der Waals surface area contributed by atoms with Gasteiger partial charge in [-0.05, 0) is 61.2 Å². The van der Waals surface area contributed by atoms with Crippen LogP contribution in [-0.2, 0) is 22.2 Å². The minimum absolute atomic E-state index is 0.00680.